The third kappa shape index (κ3) is 3.57. The number of pyridine rings is 1. The molecule has 28 heavy (non-hydrogen) atoms. The monoisotopic (exact) mass is 390 g/mol. The Kier molecular flexibility index (Phi) is 4.54. The molecular weight excluding hydrogens is 373 g/mol. The lowest BCUT2D eigenvalue weighted by Gasteiger charge is -2.33. The Hall–Kier alpha value is -2.94. The SMILES string of the molecule is O=C(Nc1ccc2nn([C@H]3C[C@H](CO)C3)cc2c1)c1cccc(C(F)(F)F)n1. The number of anilines is 1. The van der Waals surface area contributed by atoms with Crippen LogP contribution in [-0.4, -0.2) is 32.4 Å². The maximum atomic E-state index is 12.8. The zero-order valence-corrected chi connectivity index (χ0v) is 14.6. The van der Waals surface area contributed by atoms with Gasteiger partial charge in [0.25, 0.3) is 5.91 Å². The van der Waals surface area contributed by atoms with Gasteiger partial charge in [0, 0.05) is 23.9 Å². The van der Waals surface area contributed by atoms with Gasteiger partial charge in [0.05, 0.1) is 11.6 Å². The number of aromatic nitrogens is 3. The molecule has 4 rings (SSSR count). The van der Waals surface area contributed by atoms with Crippen LogP contribution in [0.25, 0.3) is 10.9 Å². The van der Waals surface area contributed by atoms with Crippen LogP contribution in [-0.2, 0) is 6.18 Å². The summed E-state index contributed by atoms with van der Waals surface area (Å²) in [5.41, 5.74) is -0.227. The lowest BCUT2D eigenvalue weighted by Crippen LogP contribution is -2.29. The molecule has 0 bridgehead atoms. The number of fused-ring (bicyclic) bond motifs is 1. The van der Waals surface area contributed by atoms with Crippen LogP contribution >= 0.6 is 0 Å². The smallest absolute Gasteiger partial charge is 0.396 e. The standard InChI is InChI=1S/C19H17F3N4O2/c20-19(21,22)17-3-1-2-16(24-17)18(28)23-13-4-5-15-12(8-13)9-26(25-15)14-6-11(7-14)10-27/h1-5,8-9,11,14,27H,6-7,10H2,(H,23,28)/t11-,14-. The molecule has 1 aromatic carbocycles. The van der Waals surface area contributed by atoms with E-state index in [0.29, 0.717) is 11.6 Å². The van der Waals surface area contributed by atoms with Gasteiger partial charge in [-0.25, -0.2) is 4.98 Å². The van der Waals surface area contributed by atoms with E-state index in [1.165, 1.54) is 6.07 Å². The third-order valence-electron chi connectivity index (χ3n) is 4.90. The first-order valence-corrected chi connectivity index (χ1v) is 8.79. The van der Waals surface area contributed by atoms with Gasteiger partial charge in [-0.15, -0.1) is 0 Å². The van der Waals surface area contributed by atoms with Gasteiger partial charge in [0.2, 0.25) is 0 Å². The van der Waals surface area contributed by atoms with Crippen LogP contribution in [0.5, 0.6) is 0 Å². The van der Waals surface area contributed by atoms with E-state index in [2.05, 4.69) is 15.4 Å². The van der Waals surface area contributed by atoms with E-state index in [4.69, 9.17) is 5.11 Å². The number of rotatable bonds is 4. The minimum Gasteiger partial charge on any atom is -0.396 e. The molecule has 2 N–H and O–H groups in total. The molecule has 9 heteroatoms. The van der Waals surface area contributed by atoms with Crippen LogP contribution in [0.1, 0.15) is 35.1 Å². The van der Waals surface area contributed by atoms with Gasteiger partial charge in [-0.3, -0.25) is 9.48 Å². The summed E-state index contributed by atoms with van der Waals surface area (Å²) in [6.45, 7) is 0.178. The number of nitrogens with zero attached hydrogens (tertiary/aromatic N) is 3. The molecule has 0 saturated heterocycles. The highest BCUT2D eigenvalue weighted by Crippen LogP contribution is 2.37. The molecule has 0 aliphatic heterocycles. The van der Waals surface area contributed by atoms with Crippen molar-refractivity contribution < 1.29 is 23.1 Å². The molecule has 146 valence electrons. The molecule has 0 spiro atoms. The number of aliphatic hydroxyl groups is 1. The second kappa shape index (κ2) is 6.90. The largest absolute Gasteiger partial charge is 0.433 e. The predicted octanol–water partition coefficient (Wildman–Crippen LogP) is 3.65. The molecule has 0 radical (unpaired) electrons. The van der Waals surface area contributed by atoms with Crippen molar-refractivity contribution in [3.63, 3.8) is 0 Å². The predicted molar refractivity (Wildman–Crippen MR) is 95.8 cm³/mol. The minimum atomic E-state index is -4.61. The summed E-state index contributed by atoms with van der Waals surface area (Å²) in [6, 6.07) is 8.54. The van der Waals surface area contributed by atoms with E-state index < -0.39 is 17.8 Å². The molecular formula is C19H17F3N4O2. The number of benzene rings is 1. The zero-order chi connectivity index (χ0) is 19.9. The van der Waals surface area contributed by atoms with Gasteiger partial charge in [-0.05, 0) is 49.1 Å². The van der Waals surface area contributed by atoms with Crippen molar-refractivity contribution in [3.05, 3.63) is 54.0 Å². The van der Waals surface area contributed by atoms with Gasteiger partial charge in [0.15, 0.2) is 0 Å². The van der Waals surface area contributed by atoms with Crippen molar-refractivity contribution in [1.29, 1.82) is 0 Å². The topological polar surface area (TPSA) is 80.0 Å². The number of aliphatic hydroxyl groups excluding tert-OH is 1. The van der Waals surface area contributed by atoms with Gasteiger partial charge >= 0.3 is 6.18 Å². The van der Waals surface area contributed by atoms with E-state index >= 15 is 0 Å². The van der Waals surface area contributed by atoms with E-state index in [9.17, 15) is 18.0 Å². The van der Waals surface area contributed by atoms with E-state index in [1.807, 2.05) is 10.9 Å². The van der Waals surface area contributed by atoms with Crippen LogP contribution in [0.3, 0.4) is 0 Å². The first-order valence-electron chi connectivity index (χ1n) is 8.79. The Morgan fingerprint density at radius 2 is 2.04 bits per heavy atom. The van der Waals surface area contributed by atoms with E-state index in [-0.39, 0.29) is 18.3 Å². The lowest BCUT2D eigenvalue weighted by atomic mass is 9.81. The molecule has 3 aromatic rings. The van der Waals surface area contributed by atoms with Gasteiger partial charge in [0.1, 0.15) is 11.4 Å². The van der Waals surface area contributed by atoms with Crippen LogP contribution < -0.4 is 5.32 Å². The fraction of sp³-hybridized carbons (Fsp3) is 0.316. The van der Waals surface area contributed by atoms with Crippen molar-refractivity contribution in [2.24, 2.45) is 5.92 Å². The summed E-state index contributed by atoms with van der Waals surface area (Å²) >= 11 is 0. The summed E-state index contributed by atoms with van der Waals surface area (Å²) in [5.74, 6) is -0.408. The first kappa shape index (κ1) is 18.4. The summed E-state index contributed by atoms with van der Waals surface area (Å²) in [6.07, 6.45) is -1.00. The maximum absolute atomic E-state index is 12.8. The Labute approximate surface area is 158 Å². The number of carbonyl (C=O) groups is 1. The molecule has 6 nitrogen and oxygen atoms in total. The summed E-state index contributed by atoms with van der Waals surface area (Å²) in [4.78, 5) is 15.7. The number of halogens is 3. The molecule has 1 aliphatic rings. The Morgan fingerprint density at radius 1 is 1.25 bits per heavy atom. The lowest BCUT2D eigenvalue weighted by molar-refractivity contribution is -0.141. The fourth-order valence-corrected chi connectivity index (χ4v) is 3.29. The molecule has 0 unspecified atom stereocenters. The van der Waals surface area contributed by atoms with Gasteiger partial charge in [-0.1, -0.05) is 6.07 Å². The first-order chi connectivity index (χ1) is 13.3. The van der Waals surface area contributed by atoms with Crippen LogP contribution in [0.4, 0.5) is 18.9 Å². The highest BCUT2D eigenvalue weighted by Gasteiger charge is 2.33. The number of nitrogens with one attached hydrogen (secondary N) is 1. The van der Waals surface area contributed by atoms with Crippen LogP contribution in [0, 0.1) is 5.92 Å². The van der Waals surface area contributed by atoms with Gasteiger partial charge in [-0.2, -0.15) is 18.3 Å². The third-order valence-corrected chi connectivity index (χ3v) is 4.90. The van der Waals surface area contributed by atoms with Crippen molar-refractivity contribution in [2.45, 2.75) is 25.1 Å². The Morgan fingerprint density at radius 3 is 2.75 bits per heavy atom. The summed E-state index contributed by atoms with van der Waals surface area (Å²) < 4.78 is 40.1. The second-order valence-corrected chi connectivity index (χ2v) is 6.92. The molecule has 1 amide bonds. The van der Waals surface area contributed by atoms with Crippen molar-refractivity contribution >= 4 is 22.5 Å². The molecule has 1 saturated carbocycles. The molecule has 0 atom stereocenters. The average molecular weight is 390 g/mol. The number of hydrogen-bond donors (Lipinski definition) is 2. The van der Waals surface area contributed by atoms with Gasteiger partial charge < -0.3 is 10.4 Å². The van der Waals surface area contributed by atoms with E-state index in [0.717, 1.165) is 35.9 Å². The molecule has 1 aliphatic carbocycles. The Bertz CT molecular complexity index is 1030. The normalized spacial score (nSPS) is 19.4. The molecule has 2 heterocycles. The molecule has 1 fully saturated rings. The summed E-state index contributed by atoms with van der Waals surface area (Å²) in [5, 5.41) is 17.0. The molecule has 2 aromatic heterocycles. The van der Waals surface area contributed by atoms with E-state index in [1.54, 1.807) is 18.2 Å². The average Bonchev–Trinajstić information content (AvgIpc) is 3.03. The fourth-order valence-electron chi connectivity index (χ4n) is 3.29. The minimum absolute atomic E-state index is 0.178. The summed E-state index contributed by atoms with van der Waals surface area (Å²) in [7, 11) is 0. The van der Waals surface area contributed by atoms with Crippen molar-refractivity contribution in [3.8, 4) is 0 Å². The highest BCUT2D eigenvalue weighted by molar-refractivity contribution is 6.03. The number of alkyl halides is 3. The zero-order valence-electron chi connectivity index (χ0n) is 14.6. The number of hydrogen-bond acceptors (Lipinski definition) is 4. The second-order valence-electron chi connectivity index (χ2n) is 6.92. The van der Waals surface area contributed by atoms with Crippen LogP contribution in [0.15, 0.2) is 42.6 Å². The van der Waals surface area contributed by atoms with Crippen LogP contribution in [0.2, 0.25) is 0 Å². The quantitative estimate of drug-likeness (QED) is 0.713. The van der Waals surface area contributed by atoms with Crippen molar-refractivity contribution in [2.75, 3.05) is 11.9 Å². The number of amides is 1. The Balaban J connectivity index is 1.51. The maximum Gasteiger partial charge on any atom is 0.433 e. The number of carbonyl (C=O) groups excluding carboxylic acids is 1. The van der Waals surface area contributed by atoms with Crippen molar-refractivity contribution in [1.82, 2.24) is 14.8 Å². The highest BCUT2D eigenvalue weighted by atomic mass is 19.4.